The van der Waals surface area contributed by atoms with Crippen molar-refractivity contribution in [2.75, 3.05) is 0 Å². The molecule has 3 nitrogen and oxygen atoms in total. The van der Waals surface area contributed by atoms with Crippen LogP contribution in [0.1, 0.15) is 22.8 Å². The molecule has 0 saturated carbocycles. The summed E-state index contributed by atoms with van der Waals surface area (Å²) in [5.74, 6) is -2.90. The van der Waals surface area contributed by atoms with Gasteiger partial charge in [0.15, 0.2) is 11.9 Å². The van der Waals surface area contributed by atoms with Crippen molar-refractivity contribution >= 4 is 11.8 Å². The molecule has 84 valence electrons. The molecule has 0 radical (unpaired) electrons. The van der Waals surface area contributed by atoms with E-state index in [2.05, 4.69) is 0 Å². The van der Waals surface area contributed by atoms with E-state index < -0.39 is 29.3 Å². The van der Waals surface area contributed by atoms with Crippen LogP contribution in [0.25, 0.3) is 0 Å². The van der Waals surface area contributed by atoms with Gasteiger partial charge in [-0.15, -0.1) is 0 Å². The number of rotatable bonds is 1. The Bertz CT molecular complexity index is 482. The second-order valence-corrected chi connectivity index (χ2v) is 3.59. The fraction of sp³-hybridized carbons (Fsp3) is 0.273. The summed E-state index contributed by atoms with van der Waals surface area (Å²) in [6.07, 6.45) is -1.13. The summed E-state index contributed by atoms with van der Waals surface area (Å²) in [6, 6.07) is 1.80. The molecular weight excluding hydrogens is 218 g/mol. The third-order valence-corrected chi connectivity index (χ3v) is 2.50. The van der Waals surface area contributed by atoms with E-state index in [1.165, 1.54) is 6.92 Å². The number of Topliss-reactive ketones (excluding diaryl/α,β-unsaturated/α-hetero) is 1. The Kier molecular flexibility index (Phi) is 2.46. The number of hydrogen-bond acceptors (Lipinski definition) is 3. The summed E-state index contributed by atoms with van der Waals surface area (Å²) in [4.78, 5) is 22.4. The van der Waals surface area contributed by atoms with Crippen LogP contribution >= 0.6 is 0 Å². The highest BCUT2D eigenvalue weighted by Crippen LogP contribution is 2.26. The van der Waals surface area contributed by atoms with Crippen LogP contribution in [0, 0.1) is 11.6 Å². The lowest BCUT2D eigenvalue weighted by Gasteiger charge is -2.23. The number of ether oxygens (including phenoxy) is 1. The van der Waals surface area contributed by atoms with Crippen molar-refractivity contribution < 1.29 is 23.1 Å². The maximum atomic E-state index is 13.4. The Labute approximate surface area is 90.0 Å². The van der Waals surface area contributed by atoms with Crippen LogP contribution in [0.5, 0.6) is 0 Å². The lowest BCUT2D eigenvalue weighted by Crippen LogP contribution is -2.34. The van der Waals surface area contributed by atoms with E-state index in [9.17, 15) is 18.4 Å². The number of halogens is 2. The Balaban J connectivity index is 2.54. The molecule has 5 heteroatoms. The number of carbonyl (C=O) groups excluding carboxylic acids is 2. The van der Waals surface area contributed by atoms with Crippen molar-refractivity contribution in [3.63, 3.8) is 0 Å². The Morgan fingerprint density at radius 3 is 2.62 bits per heavy atom. The molecule has 2 rings (SSSR count). The second kappa shape index (κ2) is 3.66. The fourth-order valence-electron chi connectivity index (χ4n) is 1.66. The van der Waals surface area contributed by atoms with Gasteiger partial charge in [-0.25, -0.2) is 13.6 Å². The van der Waals surface area contributed by atoms with E-state index in [4.69, 9.17) is 4.74 Å². The zero-order valence-electron chi connectivity index (χ0n) is 8.42. The van der Waals surface area contributed by atoms with Crippen molar-refractivity contribution in [3.05, 3.63) is 34.9 Å². The first kappa shape index (κ1) is 10.7. The first-order valence-electron chi connectivity index (χ1n) is 4.69. The van der Waals surface area contributed by atoms with Crippen LogP contribution in [-0.4, -0.2) is 17.9 Å². The van der Waals surface area contributed by atoms with E-state index in [1.54, 1.807) is 0 Å². The Hall–Kier alpha value is -1.78. The second-order valence-electron chi connectivity index (χ2n) is 3.59. The van der Waals surface area contributed by atoms with Crippen molar-refractivity contribution in [3.8, 4) is 0 Å². The topological polar surface area (TPSA) is 43.4 Å². The summed E-state index contributed by atoms with van der Waals surface area (Å²) in [5, 5.41) is 0. The predicted molar refractivity (Wildman–Crippen MR) is 49.9 cm³/mol. The molecule has 1 aromatic carbocycles. The van der Waals surface area contributed by atoms with Crippen LogP contribution in [0.2, 0.25) is 0 Å². The number of ketones is 1. The first-order chi connectivity index (χ1) is 7.50. The monoisotopic (exact) mass is 226 g/mol. The number of benzene rings is 1. The third-order valence-electron chi connectivity index (χ3n) is 2.50. The molecule has 1 unspecified atom stereocenters. The molecule has 0 spiro atoms. The lowest BCUT2D eigenvalue weighted by molar-refractivity contribution is -0.125. The van der Waals surface area contributed by atoms with Gasteiger partial charge in [0.25, 0.3) is 0 Å². The number of cyclic esters (lactones) is 1. The zero-order chi connectivity index (χ0) is 11.9. The van der Waals surface area contributed by atoms with Gasteiger partial charge in [0, 0.05) is 12.0 Å². The van der Waals surface area contributed by atoms with Gasteiger partial charge in [-0.3, -0.25) is 4.79 Å². The molecule has 0 fully saturated rings. The molecule has 1 aromatic rings. The molecule has 1 aliphatic rings. The van der Waals surface area contributed by atoms with E-state index in [-0.39, 0.29) is 17.8 Å². The largest absolute Gasteiger partial charge is 0.450 e. The van der Waals surface area contributed by atoms with Gasteiger partial charge < -0.3 is 4.74 Å². The predicted octanol–water partition coefficient (Wildman–Crippen LogP) is 1.64. The summed E-state index contributed by atoms with van der Waals surface area (Å²) in [6.45, 7) is 1.24. The molecule has 1 aliphatic heterocycles. The normalized spacial score (nSPS) is 18.9. The Morgan fingerprint density at radius 1 is 1.38 bits per heavy atom. The van der Waals surface area contributed by atoms with Gasteiger partial charge in [0.1, 0.15) is 17.2 Å². The minimum atomic E-state index is -1.02. The van der Waals surface area contributed by atoms with E-state index >= 15 is 0 Å². The maximum Gasteiger partial charge on any atom is 0.342 e. The summed E-state index contributed by atoms with van der Waals surface area (Å²) >= 11 is 0. The highest BCUT2D eigenvalue weighted by atomic mass is 19.1. The standard InChI is InChI=1S/C11H8F2O3/c1-5(14)9-4-6-7(12)2-3-8(13)10(6)11(15)16-9/h2-3,9H,4H2,1H3. The van der Waals surface area contributed by atoms with Gasteiger partial charge in [-0.1, -0.05) is 0 Å². The number of esters is 1. The summed E-state index contributed by atoms with van der Waals surface area (Å²) < 4.78 is 31.4. The van der Waals surface area contributed by atoms with E-state index in [0.717, 1.165) is 12.1 Å². The van der Waals surface area contributed by atoms with Gasteiger partial charge >= 0.3 is 5.97 Å². The van der Waals surface area contributed by atoms with E-state index in [0.29, 0.717) is 0 Å². The molecule has 1 atom stereocenters. The van der Waals surface area contributed by atoms with Crippen molar-refractivity contribution in [1.29, 1.82) is 0 Å². The first-order valence-corrected chi connectivity index (χ1v) is 4.69. The summed E-state index contributed by atoms with van der Waals surface area (Å²) in [5.41, 5.74) is -0.492. The van der Waals surface area contributed by atoms with Crippen molar-refractivity contribution in [2.24, 2.45) is 0 Å². The number of hydrogen-bond donors (Lipinski definition) is 0. The lowest BCUT2D eigenvalue weighted by atomic mass is 9.96. The number of fused-ring (bicyclic) bond motifs is 1. The molecule has 0 saturated heterocycles. The molecule has 0 aliphatic carbocycles. The van der Waals surface area contributed by atoms with Gasteiger partial charge in [0.05, 0.1) is 0 Å². The molecule has 1 heterocycles. The van der Waals surface area contributed by atoms with Crippen molar-refractivity contribution in [2.45, 2.75) is 19.4 Å². The molecule has 0 N–H and O–H groups in total. The van der Waals surface area contributed by atoms with Crippen molar-refractivity contribution in [1.82, 2.24) is 0 Å². The van der Waals surface area contributed by atoms with Gasteiger partial charge in [-0.05, 0) is 19.1 Å². The molecule has 0 amide bonds. The zero-order valence-corrected chi connectivity index (χ0v) is 8.42. The number of carbonyl (C=O) groups is 2. The van der Waals surface area contributed by atoms with Gasteiger partial charge in [0.2, 0.25) is 0 Å². The van der Waals surface area contributed by atoms with Crippen LogP contribution in [0.15, 0.2) is 12.1 Å². The van der Waals surface area contributed by atoms with Crippen LogP contribution in [0.4, 0.5) is 8.78 Å². The van der Waals surface area contributed by atoms with Crippen LogP contribution < -0.4 is 0 Å². The minimum absolute atomic E-state index is 0.0866. The average molecular weight is 226 g/mol. The third kappa shape index (κ3) is 1.58. The molecule has 0 bridgehead atoms. The summed E-state index contributed by atoms with van der Waals surface area (Å²) in [7, 11) is 0. The van der Waals surface area contributed by atoms with Crippen LogP contribution in [0.3, 0.4) is 0 Å². The highest BCUT2D eigenvalue weighted by Gasteiger charge is 2.33. The molecular formula is C11H8F2O3. The fourth-order valence-corrected chi connectivity index (χ4v) is 1.66. The van der Waals surface area contributed by atoms with Gasteiger partial charge in [-0.2, -0.15) is 0 Å². The van der Waals surface area contributed by atoms with Crippen LogP contribution in [-0.2, 0) is 16.0 Å². The molecule has 0 aromatic heterocycles. The SMILES string of the molecule is CC(=O)C1Cc2c(F)ccc(F)c2C(=O)O1. The molecule has 16 heavy (non-hydrogen) atoms. The van der Waals surface area contributed by atoms with E-state index in [1.807, 2.05) is 0 Å². The quantitative estimate of drug-likeness (QED) is 0.683. The minimum Gasteiger partial charge on any atom is -0.450 e. The average Bonchev–Trinajstić information content (AvgIpc) is 2.22. The maximum absolute atomic E-state index is 13.4. The smallest absolute Gasteiger partial charge is 0.342 e. The Morgan fingerprint density at radius 2 is 2.00 bits per heavy atom. The highest BCUT2D eigenvalue weighted by molar-refractivity contribution is 5.96.